The van der Waals surface area contributed by atoms with E-state index in [1.165, 1.54) is 0 Å². The monoisotopic (exact) mass is 329 g/mol. The van der Waals surface area contributed by atoms with E-state index in [0.29, 0.717) is 13.2 Å². The molecule has 0 radical (unpaired) electrons. The van der Waals surface area contributed by atoms with E-state index < -0.39 is 5.97 Å². The van der Waals surface area contributed by atoms with Gasteiger partial charge < -0.3 is 9.84 Å². The van der Waals surface area contributed by atoms with Crippen LogP contribution in [-0.4, -0.2) is 42.8 Å². The second-order valence-corrected chi connectivity index (χ2v) is 5.25. The van der Waals surface area contributed by atoms with Gasteiger partial charge in [0.05, 0.1) is 13.2 Å². The molecule has 1 unspecified atom stereocenters. The SMILES string of the molecule is CCC(c1cccc(Br)c1)N(CCOC)CC(=O)O. The van der Waals surface area contributed by atoms with Gasteiger partial charge in [-0.1, -0.05) is 35.0 Å². The van der Waals surface area contributed by atoms with E-state index in [2.05, 4.69) is 22.9 Å². The van der Waals surface area contributed by atoms with Gasteiger partial charge in [0.15, 0.2) is 0 Å². The predicted molar refractivity (Wildman–Crippen MR) is 78.3 cm³/mol. The van der Waals surface area contributed by atoms with Gasteiger partial charge >= 0.3 is 5.97 Å². The molecule has 4 nitrogen and oxygen atoms in total. The third kappa shape index (κ3) is 5.30. The van der Waals surface area contributed by atoms with Crippen molar-refractivity contribution >= 4 is 21.9 Å². The van der Waals surface area contributed by atoms with Crippen LogP contribution in [-0.2, 0) is 9.53 Å². The highest BCUT2D eigenvalue weighted by Gasteiger charge is 2.20. The fourth-order valence-corrected chi connectivity index (χ4v) is 2.56. The van der Waals surface area contributed by atoms with E-state index in [0.717, 1.165) is 16.5 Å². The van der Waals surface area contributed by atoms with E-state index >= 15 is 0 Å². The maximum Gasteiger partial charge on any atom is 0.317 e. The minimum Gasteiger partial charge on any atom is -0.480 e. The Balaban J connectivity index is 2.90. The molecular weight excluding hydrogens is 310 g/mol. The molecule has 1 rings (SSSR count). The maximum absolute atomic E-state index is 11.0. The number of carbonyl (C=O) groups is 1. The van der Waals surface area contributed by atoms with Crippen molar-refractivity contribution in [3.05, 3.63) is 34.3 Å². The second kappa shape index (κ2) is 8.30. The van der Waals surface area contributed by atoms with Crippen LogP contribution in [0.5, 0.6) is 0 Å². The van der Waals surface area contributed by atoms with Crippen LogP contribution >= 0.6 is 15.9 Å². The first kappa shape index (κ1) is 16.1. The molecule has 1 N–H and O–H groups in total. The van der Waals surface area contributed by atoms with Crippen molar-refractivity contribution in [2.24, 2.45) is 0 Å². The summed E-state index contributed by atoms with van der Waals surface area (Å²) in [6, 6.07) is 8.09. The number of ether oxygens (including phenoxy) is 1. The Morgan fingerprint density at radius 2 is 2.26 bits per heavy atom. The van der Waals surface area contributed by atoms with Gasteiger partial charge in [0.1, 0.15) is 0 Å². The number of carboxylic acids is 1. The normalized spacial score (nSPS) is 12.6. The van der Waals surface area contributed by atoms with Gasteiger partial charge in [-0.15, -0.1) is 0 Å². The molecule has 0 spiro atoms. The van der Waals surface area contributed by atoms with Crippen LogP contribution in [0.4, 0.5) is 0 Å². The standard InChI is InChI=1S/C14H20BrNO3/c1-3-13(11-5-4-6-12(15)9-11)16(7-8-19-2)10-14(17)18/h4-6,9,13H,3,7-8,10H2,1-2H3,(H,17,18). The van der Waals surface area contributed by atoms with Crippen molar-refractivity contribution < 1.29 is 14.6 Å². The fraction of sp³-hybridized carbons (Fsp3) is 0.500. The van der Waals surface area contributed by atoms with Crippen molar-refractivity contribution in [2.75, 3.05) is 26.8 Å². The Morgan fingerprint density at radius 1 is 1.53 bits per heavy atom. The molecule has 0 heterocycles. The zero-order valence-electron chi connectivity index (χ0n) is 11.3. The minimum absolute atomic E-state index is 0.0222. The lowest BCUT2D eigenvalue weighted by molar-refractivity contribution is -0.139. The van der Waals surface area contributed by atoms with Gasteiger partial charge in [-0.2, -0.15) is 0 Å². The number of rotatable bonds is 8. The first-order valence-corrected chi connectivity index (χ1v) is 7.08. The summed E-state index contributed by atoms with van der Waals surface area (Å²) in [4.78, 5) is 12.9. The summed E-state index contributed by atoms with van der Waals surface area (Å²) in [5.41, 5.74) is 1.12. The summed E-state index contributed by atoms with van der Waals surface area (Å²) in [5, 5.41) is 9.04. The highest BCUT2D eigenvalue weighted by molar-refractivity contribution is 9.10. The van der Waals surface area contributed by atoms with E-state index in [-0.39, 0.29) is 12.6 Å². The summed E-state index contributed by atoms with van der Waals surface area (Å²) >= 11 is 3.45. The van der Waals surface area contributed by atoms with Gasteiger partial charge in [-0.3, -0.25) is 9.69 Å². The van der Waals surface area contributed by atoms with Crippen molar-refractivity contribution in [1.29, 1.82) is 0 Å². The average molecular weight is 330 g/mol. The number of hydrogen-bond acceptors (Lipinski definition) is 3. The average Bonchev–Trinajstić information content (AvgIpc) is 2.36. The number of methoxy groups -OCH3 is 1. The Morgan fingerprint density at radius 3 is 2.79 bits per heavy atom. The highest BCUT2D eigenvalue weighted by atomic mass is 79.9. The lowest BCUT2D eigenvalue weighted by Crippen LogP contribution is -2.36. The smallest absolute Gasteiger partial charge is 0.317 e. The fourth-order valence-electron chi connectivity index (χ4n) is 2.15. The molecule has 5 heteroatoms. The number of aliphatic carboxylic acids is 1. The van der Waals surface area contributed by atoms with Crippen molar-refractivity contribution in [3.8, 4) is 0 Å². The van der Waals surface area contributed by atoms with Crippen molar-refractivity contribution in [3.63, 3.8) is 0 Å². The molecule has 1 aromatic carbocycles. The van der Waals surface area contributed by atoms with Crippen LogP contribution in [0.25, 0.3) is 0 Å². The Kier molecular flexibility index (Phi) is 7.05. The highest BCUT2D eigenvalue weighted by Crippen LogP contribution is 2.26. The summed E-state index contributed by atoms with van der Waals surface area (Å²) in [5.74, 6) is -0.815. The molecule has 106 valence electrons. The largest absolute Gasteiger partial charge is 0.480 e. The van der Waals surface area contributed by atoms with Gasteiger partial charge in [-0.25, -0.2) is 0 Å². The lowest BCUT2D eigenvalue weighted by Gasteiger charge is -2.30. The van der Waals surface area contributed by atoms with Crippen LogP contribution in [0, 0.1) is 0 Å². The molecule has 0 aromatic heterocycles. The van der Waals surface area contributed by atoms with Gasteiger partial charge in [-0.05, 0) is 24.1 Å². The third-order valence-corrected chi connectivity index (χ3v) is 3.48. The molecule has 0 saturated carbocycles. The lowest BCUT2D eigenvalue weighted by atomic mass is 10.0. The summed E-state index contributed by atoms with van der Waals surface area (Å²) < 4.78 is 6.07. The van der Waals surface area contributed by atoms with Crippen LogP contribution in [0.3, 0.4) is 0 Å². The zero-order valence-corrected chi connectivity index (χ0v) is 12.9. The van der Waals surface area contributed by atoms with Crippen molar-refractivity contribution in [2.45, 2.75) is 19.4 Å². The number of carboxylic acid groups (broad SMARTS) is 1. The van der Waals surface area contributed by atoms with Crippen LogP contribution < -0.4 is 0 Å². The van der Waals surface area contributed by atoms with Gasteiger partial charge in [0, 0.05) is 24.2 Å². The van der Waals surface area contributed by atoms with Gasteiger partial charge in [0.25, 0.3) is 0 Å². The molecule has 1 aromatic rings. The topological polar surface area (TPSA) is 49.8 Å². The number of benzene rings is 1. The number of nitrogens with zero attached hydrogens (tertiary/aromatic N) is 1. The first-order valence-electron chi connectivity index (χ1n) is 6.28. The predicted octanol–water partition coefficient (Wildman–Crippen LogP) is 2.93. The molecule has 1 atom stereocenters. The number of halogens is 1. The van der Waals surface area contributed by atoms with Crippen LogP contribution in [0.15, 0.2) is 28.7 Å². The molecule has 0 saturated heterocycles. The molecule has 19 heavy (non-hydrogen) atoms. The minimum atomic E-state index is -0.815. The van der Waals surface area contributed by atoms with Crippen LogP contribution in [0.2, 0.25) is 0 Å². The van der Waals surface area contributed by atoms with E-state index in [9.17, 15) is 4.79 Å². The summed E-state index contributed by atoms with van der Waals surface area (Å²) in [6.07, 6.45) is 0.855. The molecule has 0 amide bonds. The quantitative estimate of drug-likeness (QED) is 0.796. The van der Waals surface area contributed by atoms with Crippen LogP contribution in [0.1, 0.15) is 24.9 Å². The molecule has 0 aliphatic rings. The van der Waals surface area contributed by atoms with Gasteiger partial charge in [0.2, 0.25) is 0 Å². The number of hydrogen-bond donors (Lipinski definition) is 1. The zero-order chi connectivity index (χ0) is 14.3. The van der Waals surface area contributed by atoms with E-state index in [4.69, 9.17) is 9.84 Å². The Bertz CT molecular complexity index is 411. The molecule has 0 aliphatic heterocycles. The van der Waals surface area contributed by atoms with Crippen molar-refractivity contribution in [1.82, 2.24) is 4.90 Å². The Labute approximate surface area is 122 Å². The summed E-state index contributed by atoms with van der Waals surface area (Å²) in [7, 11) is 1.62. The van der Waals surface area contributed by atoms with E-state index in [1.54, 1.807) is 7.11 Å². The summed E-state index contributed by atoms with van der Waals surface area (Å²) in [6.45, 7) is 3.22. The Hall–Kier alpha value is -0.910. The maximum atomic E-state index is 11.0. The second-order valence-electron chi connectivity index (χ2n) is 4.34. The van der Waals surface area contributed by atoms with E-state index in [1.807, 2.05) is 29.2 Å². The molecule has 0 bridgehead atoms. The third-order valence-electron chi connectivity index (χ3n) is 2.98. The molecule has 0 fully saturated rings. The molecule has 0 aliphatic carbocycles. The molecular formula is C14H20BrNO3. The first-order chi connectivity index (χ1) is 9.08.